The van der Waals surface area contributed by atoms with Gasteiger partial charge in [-0.25, -0.2) is 8.42 Å². The minimum Gasteiger partial charge on any atom is -0.298 e. The molecular weight excluding hydrogens is 397 g/mol. The largest absolute Gasteiger partial charge is 0.392 e. The third kappa shape index (κ3) is 4.55. The van der Waals surface area contributed by atoms with Crippen LogP contribution in [0.1, 0.15) is 6.42 Å². The van der Waals surface area contributed by atoms with Gasteiger partial charge in [-0.05, 0) is 30.7 Å². The molecule has 0 radical (unpaired) electrons. The maximum Gasteiger partial charge on any atom is 0.392 e. The molecule has 2 aromatic carbocycles. The fourth-order valence-corrected chi connectivity index (χ4v) is 5.93. The molecule has 144 valence electrons. The topological polar surface area (TPSA) is 51.2 Å². The van der Waals surface area contributed by atoms with E-state index in [2.05, 4.69) is 0 Å². The summed E-state index contributed by atoms with van der Waals surface area (Å²) in [5.74, 6) is -4.94. The third-order valence-electron chi connectivity index (χ3n) is 4.58. The van der Waals surface area contributed by atoms with E-state index in [1.165, 1.54) is 36.0 Å². The van der Waals surface area contributed by atoms with Gasteiger partial charge in [0, 0.05) is 16.1 Å². The van der Waals surface area contributed by atoms with Gasteiger partial charge in [0.2, 0.25) is 0 Å². The van der Waals surface area contributed by atoms with Crippen molar-refractivity contribution < 1.29 is 26.4 Å². The number of sulfone groups is 1. The molecule has 0 aromatic heterocycles. The molecule has 3 rings (SSSR count). The molecule has 0 aliphatic heterocycles. The number of thioether (sulfide) groups is 1. The minimum atomic E-state index is -4.52. The Balaban J connectivity index is 1.79. The van der Waals surface area contributed by atoms with Crippen molar-refractivity contribution in [3.63, 3.8) is 0 Å². The minimum absolute atomic E-state index is 0.0616. The highest BCUT2D eigenvalue weighted by Gasteiger charge is 2.58. The average Bonchev–Trinajstić information content (AvgIpc) is 2.58. The first kappa shape index (κ1) is 19.9. The van der Waals surface area contributed by atoms with Gasteiger partial charge in [-0.3, -0.25) is 4.79 Å². The van der Waals surface area contributed by atoms with E-state index in [9.17, 15) is 26.4 Å². The Kier molecular flexibility index (Phi) is 5.67. The van der Waals surface area contributed by atoms with Crippen LogP contribution in [0.5, 0.6) is 0 Å². The van der Waals surface area contributed by atoms with E-state index in [0.29, 0.717) is 0 Å². The van der Waals surface area contributed by atoms with Gasteiger partial charge in [-0.2, -0.15) is 13.2 Å². The molecule has 1 saturated carbocycles. The molecule has 0 amide bonds. The lowest BCUT2D eigenvalue weighted by atomic mass is 9.70. The van der Waals surface area contributed by atoms with Crippen molar-refractivity contribution in [2.75, 3.05) is 5.75 Å². The van der Waals surface area contributed by atoms with Crippen molar-refractivity contribution in [3.05, 3.63) is 60.7 Å². The van der Waals surface area contributed by atoms with Crippen molar-refractivity contribution in [3.8, 4) is 0 Å². The van der Waals surface area contributed by atoms with Crippen LogP contribution in [-0.2, 0) is 14.6 Å². The molecule has 3 atom stereocenters. The molecule has 8 heteroatoms. The lowest BCUT2D eigenvalue weighted by molar-refractivity contribution is -0.210. The summed E-state index contributed by atoms with van der Waals surface area (Å²) in [4.78, 5) is 13.3. The standard InChI is InChI=1S/C19H17F3O3S2/c20-19(21,22)15-11-17(26-13-7-3-1-4-8-13)18(15)16(23)12-27(24,25)14-9-5-2-6-10-14/h1-10,15,17-18H,11-12H2/t15-,17-,18-/m0/s1. The number of hydrogen-bond donors (Lipinski definition) is 0. The highest BCUT2D eigenvalue weighted by atomic mass is 32.2. The quantitative estimate of drug-likeness (QED) is 0.704. The van der Waals surface area contributed by atoms with E-state index >= 15 is 0 Å². The Bertz CT molecular complexity index is 897. The Hall–Kier alpha value is -1.80. The van der Waals surface area contributed by atoms with Gasteiger partial charge >= 0.3 is 6.18 Å². The number of halogens is 3. The Morgan fingerprint density at radius 1 is 1.00 bits per heavy atom. The maximum absolute atomic E-state index is 13.3. The molecule has 0 saturated heterocycles. The van der Waals surface area contributed by atoms with Crippen LogP contribution in [0.2, 0.25) is 0 Å². The molecule has 2 aromatic rings. The smallest absolute Gasteiger partial charge is 0.298 e. The van der Waals surface area contributed by atoms with E-state index in [-0.39, 0.29) is 11.3 Å². The fourth-order valence-electron chi connectivity index (χ4n) is 3.17. The normalized spacial score (nSPS) is 22.9. The summed E-state index contributed by atoms with van der Waals surface area (Å²) in [6, 6.07) is 16.1. The Morgan fingerprint density at radius 2 is 1.56 bits per heavy atom. The summed E-state index contributed by atoms with van der Waals surface area (Å²) in [5.41, 5.74) is 0. The number of alkyl halides is 3. The van der Waals surface area contributed by atoms with E-state index in [1.54, 1.807) is 36.4 Å². The predicted octanol–water partition coefficient (Wildman–Crippen LogP) is 4.39. The summed E-state index contributed by atoms with van der Waals surface area (Å²) in [6.45, 7) is 0. The molecule has 0 spiro atoms. The molecule has 0 bridgehead atoms. The molecular formula is C19H17F3O3S2. The first-order chi connectivity index (χ1) is 12.7. The van der Waals surface area contributed by atoms with Crippen molar-refractivity contribution in [1.29, 1.82) is 0 Å². The predicted molar refractivity (Wildman–Crippen MR) is 97.2 cm³/mol. The highest BCUT2D eigenvalue weighted by molar-refractivity contribution is 8.00. The van der Waals surface area contributed by atoms with E-state index in [1.807, 2.05) is 0 Å². The van der Waals surface area contributed by atoms with E-state index < -0.39 is 44.6 Å². The Labute approximate surface area is 159 Å². The van der Waals surface area contributed by atoms with Crippen LogP contribution in [0.4, 0.5) is 13.2 Å². The number of Topliss-reactive ketones (excluding diaryl/α,β-unsaturated/α-hetero) is 1. The number of hydrogen-bond acceptors (Lipinski definition) is 4. The van der Waals surface area contributed by atoms with Crippen LogP contribution in [0, 0.1) is 11.8 Å². The van der Waals surface area contributed by atoms with Crippen LogP contribution >= 0.6 is 11.8 Å². The van der Waals surface area contributed by atoms with Gasteiger partial charge in [-0.1, -0.05) is 36.4 Å². The second kappa shape index (κ2) is 7.67. The molecule has 0 heterocycles. The monoisotopic (exact) mass is 414 g/mol. The molecule has 1 fully saturated rings. The van der Waals surface area contributed by atoms with E-state index in [4.69, 9.17) is 0 Å². The number of carbonyl (C=O) groups excluding carboxylic acids is 1. The van der Waals surface area contributed by atoms with Gasteiger partial charge in [-0.15, -0.1) is 11.8 Å². The number of ketones is 1. The Morgan fingerprint density at radius 3 is 2.11 bits per heavy atom. The van der Waals surface area contributed by atoms with Gasteiger partial charge in [0.05, 0.1) is 10.8 Å². The molecule has 1 aliphatic rings. The lowest BCUT2D eigenvalue weighted by Gasteiger charge is -2.44. The SMILES string of the molecule is O=C(CS(=O)(=O)c1ccccc1)[C@H]1[C@@H](Sc2ccccc2)C[C@@H]1C(F)(F)F. The van der Waals surface area contributed by atoms with Crippen molar-refractivity contribution in [1.82, 2.24) is 0 Å². The van der Waals surface area contributed by atoms with Crippen molar-refractivity contribution in [2.45, 2.75) is 27.6 Å². The van der Waals surface area contributed by atoms with Crippen LogP contribution in [0.3, 0.4) is 0 Å². The second-order valence-electron chi connectivity index (χ2n) is 6.42. The zero-order chi connectivity index (χ0) is 19.7. The summed E-state index contributed by atoms with van der Waals surface area (Å²) in [5, 5.41) is -0.586. The third-order valence-corrected chi connectivity index (χ3v) is 7.57. The first-order valence-corrected chi connectivity index (χ1v) is 10.8. The molecule has 0 N–H and O–H groups in total. The lowest BCUT2D eigenvalue weighted by Crippen LogP contribution is -2.52. The van der Waals surface area contributed by atoms with Gasteiger partial charge in [0.1, 0.15) is 5.75 Å². The molecule has 27 heavy (non-hydrogen) atoms. The van der Waals surface area contributed by atoms with Gasteiger partial charge in [0.25, 0.3) is 0 Å². The number of carbonyl (C=O) groups is 1. The molecule has 3 nitrogen and oxygen atoms in total. The molecule has 1 aliphatic carbocycles. The van der Waals surface area contributed by atoms with E-state index in [0.717, 1.165) is 4.90 Å². The first-order valence-electron chi connectivity index (χ1n) is 8.27. The van der Waals surface area contributed by atoms with Crippen LogP contribution < -0.4 is 0 Å². The number of benzene rings is 2. The zero-order valence-corrected chi connectivity index (χ0v) is 15.7. The van der Waals surface area contributed by atoms with Crippen LogP contribution in [0.25, 0.3) is 0 Å². The van der Waals surface area contributed by atoms with Crippen molar-refractivity contribution >= 4 is 27.4 Å². The summed E-state index contributed by atoms with van der Waals surface area (Å²) in [7, 11) is -3.97. The summed E-state index contributed by atoms with van der Waals surface area (Å²) >= 11 is 1.19. The zero-order valence-electron chi connectivity index (χ0n) is 14.1. The van der Waals surface area contributed by atoms with Gasteiger partial charge in [0.15, 0.2) is 15.6 Å². The molecule has 0 unspecified atom stereocenters. The summed E-state index contributed by atoms with van der Waals surface area (Å²) < 4.78 is 64.6. The van der Waals surface area contributed by atoms with Gasteiger partial charge < -0.3 is 0 Å². The average molecular weight is 414 g/mol. The van der Waals surface area contributed by atoms with Crippen molar-refractivity contribution in [2.24, 2.45) is 11.8 Å². The second-order valence-corrected chi connectivity index (χ2v) is 9.72. The maximum atomic E-state index is 13.3. The van der Waals surface area contributed by atoms with Crippen LogP contribution in [-0.4, -0.2) is 31.4 Å². The summed E-state index contributed by atoms with van der Waals surface area (Å²) in [6.07, 6.45) is -4.71. The fraction of sp³-hybridized carbons (Fsp3) is 0.316. The number of rotatable bonds is 6. The van der Waals surface area contributed by atoms with Crippen LogP contribution in [0.15, 0.2) is 70.5 Å². The highest BCUT2D eigenvalue weighted by Crippen LogP contribution is 2.52.